The van der Waals surface area contributed by atoms with Crippen LogP contribution in [0.15, 0.2) is 18.3 Å². The number of carbonyl (C=O) groups excluding carboxylic acids is 1. The zero-order chi connectivity index (χ0) is 17.8. The largest absolute Gasteiger partial charge is 0.364 e. The number of hydrogen-bond acceptors (Lipinski definition) is 7. The van der Waals surface area contributed by atoms with Gasteiger partial charge in [0.1, 0.15) is 5.82 Å². The molecule has 2 aromatic heterocycles. The van der Waals surface area contributed by atoms with Crippen LogP contribution in [0.25, 0.3) is 0 Å². The average molecular weight is 362 g/mol. The van der Waals surface area contributed by atoms with E-state index in [9.17, 15) is 4.79 Å². The molecule has 0 aliphatic carbocycles. The molecular formula is C16H20ClN7O. The quantitative estimate of drug-likeness (QED) is 0.737. The maximum Gasteiger partial charge on any atom is 0.271 e. The van der Waals surface area contributed by atoms with Crippen LogP contribution in [0.4, 0.5) is 17.3 Å². The van der Waals surface area contributed by atoms with Gasteiger partial charge in [0, 0.05) is 26.2 Å². The fourth-order valence-corrected chi connectivity index (χ4v) is 2.87. The molecule has 0 radical (unpaired) electrons. The van der Waals surface area contributed by atoms with Crippen LogP contribution >= 0.6 is 11.6 Å². The third-order valence-corrected chi connectivity index (χ3v) is 4.24. The molecule has 1 aliphatic heterocycles. The second-order valence-electron chi connectivity index (χ2n) is 5.64. The topological polar surface area (TPSA) is 109 Å². The van der Waals surface area contributed by atoms with Gasteiger partial charge in [0.2, 0.25) is 0 Å². The van der Waals surface area contributed by atoms with Crippen LogP contribution in [0, 0.1) is 0 Å². The van der Waals surface area contributed by atoms with E-state index in [1.807, 2.05) is 19.1 Å². The Balaban J connectivity index is 1.82. The monoisotopic (exact) mass is 361 g/mol. The van der Waals surface area contributed by atoms with Crippen molar-refractivity contribution in [3.63, 3.8) is 0 Å². The summed E-state index contributed by atoms with van der Waals surface area (Å²) in [5, 5.41) is 6.58. The van der Waals surface area contributed by atoms with E-state index in [1.165, 1.54) is 0 Å². The fourth-order valence-electron chi connectivity index (χ4n) is 2.61. The molecule has 25 heavy (non-hydrogen) atoms. The molecule has 1 aliphatic rings. The van der Waals surface area contributed by atoms with Crippen LogP contribution in [-0.4, -0.2) is 47.0 Å². The number of nitrogens with two attached hydrogens (primary N) is 1. The highest BCUT2D eigenvalue weighted by Gasteiger charge is 2.17. The molecule has 8 nitrogen and oxygen atoms in total. The second kappa shape index (κ2) is 7.62. The summed E-state index contributed by atoms with van der Waals surface area (Å²) in [6.07, 6.45) is 2.25. The minimum absolute atomic E-state index is 0.0624. The molecule has 1 amide bonds. The third kappa shape index (κ3) is 3.97. The van der Waals surface area contributed by atoms with Crippen LogP contribution in [0.5, 0.6) is 0 Å². The first-order valence-electron chi connectivity index (χ1n) is 8.13. The maximum absolute atomic E-state index is 11.7. The number of amides is 1. The number of anilines is 3. The number of hydrogen-bond donors (Lipinski definition) is 3. The summed E-state index contributed by atoms with van der Waals surface area (Å²) in [6.45, 7) is 5.62. The Morgan fingerprint density at radius 1 is 1.36 bits per heavy atom. The highest BCUT2D eigenvalue weighted by molar-refractivity contribution is 6.30. The van der Waals surface area contributed by atoms with E-state index < -0.39 is 5.91 Å². The van der Waals surface area contributed by atoms with Gasteiger partial charge >= 0.3 is 0 Å². The first kappa shape index (κ1) is 17.4. The second-order valence-corrected chi connectivity index (χ2v) is 6.00. The van der Waals surface area contributed by atoms with Gasteiger partial charge in [-0.25, -0.2) is 15.0 Å². The fraction of sp³-hybridized carbons (Fsp3) is 0.375. The van der Waals surface area contributed by atoms with Gasteiger partial charge in [-0.1, -0.05) is 18.5 Å². The third-order valence-electron chi connectivity index (χ3n) is 3.94. The molecule has 0 bridgehead atoms. The summed E-state index contributed by atoms with van der Waals surface area (Å²) in [6, 6.07) is 3.80. The predicted molar refractivity (Wildman–Crippen MR) is 97.5 cm³/mol. The van der Waals surface area contributed by atoms with E-state index in [4.69, 9.17) is 17.3 Å². The van der Waals surface area contributed by atoms with E-state index in [1.54, 1.807) is 6.20 Å². The molecule has 3 rings (SSSR count). The smallest absolute Gasteiger partial charge is 0.271 e. The summed E-state index contributed by atoms with van der Waals surface area (Å²) >= 11 is 6.11. The number of nitrogens with zero attached hydrogens (tertiary/aromatic N) is 4. The number of piperazine rings is 1. The number of pyridine rings is 1. The Morgan fingerprint density at radius 3 is 2.72 bits per heavy atom. The molecule has 9 heteroatoms. The number of aryl methyl sites for hydroxylation is 1. The normalized spacial score (nSPS) is 14.4. The molecule has 2 aromatic rings. The van der Waals surface area contributed by atoms with Gasteiger partial charge in [-0.2, -0.15) is 0 Å². The molecule has 0 saturated carbocycles. The number of rotatable bonds is 5. The average Bonchev–Trinajstić information content (AvgIpc) is 2.63. The number of nitrogens with one attached hydrogen (secondary N) is 2. The van der Waals surface area contributed by atoms with Crippen LogP contribution in [0.1, 0.15) is 23.1 Å². The molecule has 0 spiro atoms. The van der Waals surface area contributed by atoms with Gasteiger partial charge in [0.15, 0.2) is 16.7 Å². The molecule has 0 atom stereocenters. The predicted octanol–water partition coefficient (Wildman–Crippen LogP) is 1.34. The van der Waals surface area contributed by atoms with Gasteiger partial charge < -0.3 is 21.3 Å². The van der Waals surface area contributed by atoms with Gasteiger partial charge in [-0.15, -0.1) is 0 Å². The Kier molecular flexibility index (Phi) is 5.30. The molecule has 0 unspecified atom stereocenters. The Hall–Kier alpha value is -2.45. The lowest BCUT2D eigenvalue weighted by Crippen LogP contribution is -2.43. The molecule has 1 fully saturated rings. The summed E-state index contributed by atoms with van der Waals surface area (Å²) in [5.74, 6) is 0.478. The van der Waals surface area contributed by atoms with Crippen molar-refractivity contribution in [1.82, 2.24) is 20.3 Å². The lowest BCUT2D eigenvalue weighted by Gasteiger charge is -2.28. The van der Waals surface area contributed by atoms with E-state index in [2.05, 4.69) is 30.5 Å². The number of carbonyl (C=O) groups is 1. The Labute approximate surface area is 150 Å². The lowest BCUT2D eigenvalue weighted by molar-refractivity contribution is 0.0996. The highest BCUT2D eigenvalue weighted by Crippen LogP contribution is 2.23. The van der Waals surface area contributed by atoms with Crippen molar-refractivity contribution >= 4 is 34.8 Å². The van der Waals surface area contributed by atoms with Gasteiger partial charge in [0.05, 0.1) is 17.6 Å². The summed E-state index contributed by atoms with van der Waals surface area (Å²) < 4.78 is 0. The van der Waals surface area contributed by atoms with Crippen molar-refractivity contribution in [2.45, 2.75) is 13.3 Å². The van der Waals surface area contributed by atoms with Crippen molar-refractivity contribution in [3.05, 3.63) is 34.9 Å². The van der Waals surface area contributed by atoms with Gasteiger partial charge in [-0.05, 0) is 18.6 Å². The highest BCUT2D eigenvalue weighted by atomic mass is 35.5. The molecule has 132 valence electrons. The minimum Gasteiger partial charge on any atom is -0.364 e. The molecule has 3 heterocycles. The van der Waals surface area contributed by atoms with Gasteiger partial charge in [0.25, 0.3) is 5.91 Å². The number of halogens is 1. The first-order chi connectivity index (χ1) is 12.1. The first-order valence-corrected chi connectivity index (χ1v) is 8.51. The van der Waals surface area contributed by atoms with Crippen LogP contribution < -0.4 is 21.3 Å². The van der Waals surface area contributed by atoms with Gasteiger partial charge in [-0.3, -0.25) is 4.79 Å². The summed E-state index contributed by atoms with van der Waals surface area (Å²) in [7, 11) is 0. The van der Waals surface area contributed by atoms with E-state index in [0.717, 1.165) is 32.0 Å². The Morgan fingerprint density at radius 2 is 2.12 bits per heavy atom. The molecular weight excluding hydrogens is 342 g/mol. The van der Waals surface area contributed by atoms with Crippen molar-refractivity contribution < 1.29 is 4.79 Å². The van der Waals surface area contributed by atoms with E-state index >= 15 is 0 Å². The maximum atomic E-state index is 11.7. The minimum atomic E-state index is -0.660. The Bertz CT molecular complexity index is 760. The van der Waals surface area contributed by atoms with Crippen molar-refractivity contribution in [2.24, 2.45) is 5.73 Å². The summed E-state index contributed by atoms with van der Waals surface area (Å²) in [5.41, 5.74) is 6.69. The van der Waals surface area contributed by atoms with Crippen molar-refractivity contribution in [1.29, 1.82) is 0 Å². The van der Waals surface area contributed by atoms with Crippen LogP contribution in [0.3, 0.4) is 0 Å². The molecule has 0 aromatic carbocycles. The number of primary amides is 1. The summed E-state index contributed by atoms with van der Waals surface area (Å²) in [4.78, 5) is 26.8. The van der Waals surface area contributed by atoms with E-state index in [-0.39, 0.29) is 16.7 Å². The molecule has 4 N–H and O–H groups in total. The molecule has 1 saturated heterocycles. The lowest BCUT2D eigenvalue weighted by atomic mass is 10.3. The van der Waals surface area contributed by atoms with Crippen LogP contribution in [-0.2, 0) is 6.42 Å². The zero-order valence-corrected chi connectivity index (χ0v) is 14.7. The van der Waals surface area contributed by atoms with Crippen LogP contribution in [0.2, 0.25) is 5.15 Å². The SMILES string of the molecule is CCc1nc(C(N)=O)c(Nc2ccc(N3CCNCC3)nc2)nc1Cl. The standard InChI is InChI=1S/C16H20ClN7O/c1-2-11-14(17)23-16(13(22-11)15(18)25)21-10-3-4-12(20-9-10)24-7-5-19-6-8-24/h3-4,9,19H,2,5-8H2,1H3,(H2,18,25)(H,21,23). The van der Waals surface area contributed by atoms with E-state index in [0.29, 0.717) is 17.8 Å². The zero-order valence-electron chi connectivity index (χ0n) is 13.9. The van der Waals surface area contributed by atoms with Crippen molar-refractivity contribution in [3.8, 4) is 0 Å². The number of aromatic nitrogens is 3. The van der Waals surface area contributed by atoms with Crippen molar-refractivity contribution in [2.75, 3.05) is 36.4 Å².